The minimum absolute atomic E-state index is 0.0316. The molecular weight excluding hydrogens is 500 g/mol. The highest BCUT2D eigenvalue weighted by atomic mass is 32.1. The van der Waals surface area contributed by atoms with Crippen LogP contribution in [0.3, 0.4) is 0 Å². The molecule has 0 N–H and O–H groups in total. The first kappa shape index (κ1) is 26.1. The van der Waals surface area contributed by atoms with Crippen molar-refractivity contribution in [3.63, 3.8) is 0 Å². The van der Waals surface area contributed by atoms with Crippen LogP contribution in [0.1, 0.15) is 51.3 Å². The maximum Gasteiger partial charge on any atom is 0.270 e. The molecule has 2 aliphatic rings. The Balaban J connectivity index is 1.31. The molecule has 2 aliphatic heterocycles. The van der Waals surface area contributed by atoms with Gasteiger partial charge < -0.3 is 9.80 Å². The monoisotopic (exact) mass is 532 g/mol. The number of carbonyl (C=O) groups excluding carboxylic acids is 2. The topological polar surface area (TPSA) is 87.0 Å². The molecule has 0 spiro atoms. The standard InChI is InChI=1S/C29H32N4O4S/c1-20-7-3-4-10-24(20)27-25-12-18-38-26(25)11-15-32(27)21(2)28(34)30-13-6-14-31(17-16-30)29(35)22-8-5-9-23(19-22)33(36)37/h3-5,7-10,12,18-19,21,27H,6,11,13-17H2,1-2H3/t21-,27-/m0/s1. The van der Waals surface area contributed by atoms with Crippen molar-refractivity contribution in [1.29, 1.82) is 0 Å². The lowest BCUT2D eigenvalue weighted by molar-refractivity contribution is -0.384. The van der Waals surface area contributed by atoms with E-state index in [-0.39, 0.29) is 29.6 Å². The van der Waals surface area contributed by atoms with E-state index in [1.165, 1.54) is 39.8 Å². The molecule has 2 aromatic carbocycles. The van der Waals surface area contributed by atoms with Crippen LogP contribution >= 0.6 is 11.3 Å². The lowest BCUT2D eigenvalue weighted by Crippen LogP contribution is -2.51. The maximum absolute atomic E-state index is 13.8. The second kappa shape index (κ2) is 11.0. The third-order valence-corrected chi connectivity index (χ3v) is 8.74. The van der Waals surface area contributed by atoms with Crippen LogP contribution in [-0.4, -0.2) is 70.2 Å². The van der Waals surface area contributed by atoms with Gasteiger partial charge in [-0.25, -0.2) is 0 Å². The van der Waals surface area contributed by atoms with Gasteiger partial charge in [0.05, 0.1) is 17.0 Å². The highest BCUT2D eigenvalue weighted by molar-refractivity contribution is 7.10. The van der Waals surface area contributed by atoms with E-state index in [1.54, 1.807) is 22.3 Å². The van der Waals surface area contributed by atoms with Crippen molar-refractivity contribution in [1.82, 2.24) is 14.7 Å². The van der Waals surface area contributed by atoms with E-state index in [4.69, 9.17) is 0 Å². The van der Waals surface area contributed by atoms with Gasteiger partial charge >= 0.3 is 0 Å². The van der Waals surface area contributed by atoms with Gasteiger partial charge in [-0.05, 0) is 60.9 Å². The number of hydrogen-bond acceptors (Lipinski definition) is 6. The predicted octanol–water partition coefficient (Wildman–Crippen LogP) is 4.68. The normalized spacial score (nSPS) is 18.9. The number of fused-ring (bicyclic) bond motifs is 1. The van der Waals surface area contributed by atoms with Gasteiger partial charge in [0.25, 0.3) is 11.6 Å². The molecule has 0 saturated carbocycles. The van der Waals surface area contributed by atoms with E-state index in [9.17, 15) is 19.7 Å². The first-order valence-corrected chi connectivity index (χ1v) is 13.9. The first-order chi connectivity index (χ1) is 18.3. The number of benzene rings is 2. The van der Waals surface area contributed by atoms with Gasteiger partial charge in [0, 0.05) is 55.3 Å². The zero-order valence-electron chi connectivity index (χ0n) is 21.7. The number of nitrogens with zero attached hydrogens (tertiary/aromatic N) is 4. The molecule has 38 heavy (non-hydrogen) atoms. The van der Waals surface area contributed by atoms with Crippen molar-refractivity contribution in [2.75, 3.05) is 32.7 Å². The molecule has 0 unspecified atom stereocenters. The summed E-state index contributed by atoms with van der Waals surface area (Å²) in [5.74, 6) is -0.163. The molecule has 2 amide bonds. The molecule has 198 valence electrons. The average Bonchev–Trinajstić information content (AvgIpc) is 3.28. The fourth-order valence-corrected chi connectivity index (χ4v) is 6.58. The lowest BCUT2D eigenvalue weighted by atomic mass is 9.89. The molecule has 0 aliphatic carbocycles. The molecule has 3 aromatic rings. The molecule has 1 aromatic heterocycles. The molecule has 9 heteroatoms. The molecule has 5 rings (SSSR count). The number of carbonyl (C=O) groups is 2. The third-order valence-electron chi connectivity index (χ3n) is 7.74. The van der Waals surface area contributed by atoms with Crippen LogP contribution in [0.4, 0.5) is 5.69 Å². The van der Waals surface area contributed by atoms with Crippen LogP contribution in [0.2, 0.25) is 0 Å². The fraction of sp³-hybridized carbons (Fsp3) is 0.379. The Hall–Kier alpha value is -3.56. The molecule has 0 bridgehead atoms. The van der Waals surface area contributed by atoms with Crippen LogP contribution in [0, 0.1) is 17.0 Å². The van der Waals surface area contributed by atoms with Crippen molar-refractivity contribution in [3.05, 3.63) is 97.2 Å². The molecule has 8 nitrogen and oxygen atoms in total. The molecule has 3 heterocycles. The van der Waals surface area contributed by atoms with E-state index in [1.807, 2.05) is 17.9 Å². The summed E-state index contributed by atoms with van der Waals surface area (Å²) in [6.07, 6.45) is 1.59. The summed E-state index contributed by atoms with van der Waals surface area (Å²) >= 11 is 1.79. The third kappa shape index (κ3) is 5.08. The number of aryl methyl sites for hydroxylation is 1. The van der Waals surface area contributed by atoms with Crippen LogP contribution in [0.5, 0.6) is 0 Å². The number of nitro groups is 1. The van der Waals surface area contributed by atoms with Gasteiger partial charge in [0.2, 0.25) is 5.91 Å². The Morgan fingerprint density at radius 1 is 0.974 bits per heavy atom. The Labute approximate surface area is 226 Å². The van der Waals surface area contributed by atoms with Crippen LogP contribution in [-0.2, 0) is 11.2 Å². The maximum atomic E-state index is 13.8. The van der Waals surface area contributed by atoms with E-state index >= 15 is 0 Å². The molecule has 1 fully saturated rings. The summed E-state index contributed by atoms with van der Waals surface area (Å²) < 4.78 is 0. The quantitative estimate of drug-likeness (QED) is 0.352. The second-order valence-corrected chi connectivity index (χ2v) is 11.0. The largest absolute Gasteiger partial charge is 0.340 e. The fourth-order valence-electron chi connectivity index (χ4n) is 5.67. The second-order valence-electron chi connectivity index (χ2n) is 10.0. The van der Waals surface area contributed by atoms with Gasteiger partial charge in [0.1, 0.15) is 0 Å². The molecule has 1 saturated heterocycles. The van der Waals surface area contributed by atoms with Gasteiger partial charge in [-0.1, -0.05) is 30.3 Å². The SMILES string of the molecule is Cc1ccccc1[C@H]1c2ccsc2CCN1[C@@H](C)C(=O)N1CCCN(C(=O)c2cccc([N+](=O)[O-])c2)CC1. The zero-order chi connectivity index (χ0) is 26.8. The summed E-state index contributed by atoms with van der Waals surface area (Å²) in [6, 6.07) is 16.2. The van der Waals surface area contributed by atoms with Crippen LogP contribution in [0.15, 0.2) is 60.0 Å². The highest BCUT2D eigenvalue weighted by Gasteiger charge is 2.37. The van der Waals surface area contributed by atoms with Crippen molar-refractivity contribution in [2.45, 2.75) is 38.8 Å². The summed E-state index contributed by atoms with van der Waals surface area (Å²) in [4.78, 5) is 44.9. The van der Waals surface area contributed by atoms with E-state index in [2.05, 4.69) is 41.5 Å². The van der Waals surface area contributed by atoms with Gasteiger partial charge in [0.15, 0.2) is 0 Å². The van der Waals surface area contributed by atoms with Crippen LogP contribution < -0.4 is 0 Å². The predicted molar refractivity (Wildman–Crippen MR) is 147 cm³/mol. The summed E-state index contributed by atoms with van der Waals surface area (Å²) in [7, 11) is 0. The van der Waals surface area contributed by atoms with Crippen LogP contribution in [0.25, 0.3) is 0 Å². The first-order valence-electron chi connectivity index (χ1n) is 13.0. The lowest BCUT2D eigenvalue weighted by Gasteiger charge is -2.41. The van der Waals surface area contributed by atoms with Gasteiger partial charge in [-0.15, -0.1) is 11.3 Å². The Bertz CT molecular complexity index is 1360. The van der Waals surface area contributed by atoms with Gasteiger partial charge in [-0.3, -0.25) is 24.6 Å². The van der Waals surface area contributed by atoms with E-state index in [0.717, 1.165) is 13.0 Å². The summed E-state index contributed by atoms with van der Waals surface area (Å²) in [6.45, 7) is 6.86. The van der Waals surface area contributed by atoms with Gasteiger partial charge in [-0.2, -0.15) is 0 Å². The Morgan fingerprint density at radius 3 is 2.53 bits per heavy atom. The molecule has 0 radical (unpaired) electrons. The zero-order valence-corrected chi connectivity index (χ0v) is 22.5. The number of amides is 2. The van der Waals surface area contributed by atoms with Crippen molar-refractivity contribution in [2.24, 2.45) is 0 Å². The van der Waals surface area contributed by atoms with Crippen molar-refractivity contribution in [3.8, 4) is 0 Å². The summed E-state index contributed by atoms with van der Waals surface area (Å²) in [5.41, 5.74) is 3.94. The average molecular weight is 533 g/mol. The highest BCUT2D eigenvalue weighted by Crippen LogP contribution is 2.40. The minimum Gasteiger partial charge on any atom is -0.340 e. The minimum atomic E-state index is -0.495. The number of nitro benzene ring substituents is 1. The van der Waals surface area contributed by atoms with Crippen molar-refractivity contribution < 1.29 is 14.5 Å². The Morgan fingerprint density at radius 2 is 1.74 bits per heavy atom. The smallest absolute Gasteiger partial charge is 0.270 e. The van der Waals surface area contributed by atoms with E-state index in [0.29, 0.717) is 38.2 Å². The molecular formula is C29H32N4O4S. The Kier molecular flexibility index (Phi) is 7.58. The number of hydrogen-bond donors (Lipinski definition) is 0. The summed E-state index contributed by atoms with van der Waals surface area (Å²) in [5, 5.41) is 13.3. The number of non-ortho nitro benzene ring substituents is 1. The number of thiophene rings is 1. The van der Waals surface area contributed by atoms with Crippen molar-refractivity contribution >= 4 is 28.8 Å². The molecule has 2 atom stereocenters. The van der Waals surface area contributed by atoms with E-state index < -0.39 is 4.92 Å². The number of rotatable bonds is 5.